The summed E-state index contributed by atoms with van der Waals surface area (Å²) in [5, 5.41) is 3.76. The van der Waals surface area contributed by atoms with Crippen molar-refractivity contribution in [3.8, 4) is 0 Å². The van der Waals surface area contributed by atoms with Crippen molar-refractivity contribution in [3.63, 3.8) is 0 Å². The minimum Gasteiger partial charge on any atom is -0.381 e. The van der Waals surface area contributed by atoms with Gasteiger partial charge in [0.15, 0.2) is 0 Å². The largest absolute Gasteiger partial charge is 0.381 e. The van der Waals surface area contributed by atoms with Crippen molar-refractivity contribution in [2.45, 2.75) is 51.5 Å². The SMILES string of the molecule is CCCCN1CCC(NCC2CCCOC2)CC1. The van der Waals surface area contributed by atoms with E-state index < -0.39 is 0 Å². The van der Waals surface area contributed by atoms with Crippen molar-refractivity contribution >= 4 is 0 Å². The lowest BCUT2D eigenvalue weighted by Crippen LogP contribution is -2.44. The normalized spacial score (nSPS) is 27.5. The Morgan fingerprint density at radius 1 is 1.22 bits per heavy atom. The molecule has 0 aromatic heterocycles. The fourth-order valence-corrected chi connectivity index (χ4v) is 3.04. The number of piperidine rings is 1. The van der Waals surface area contributed by atoms with Gasteiger partial charge in [0.25, 0.3) is 0 Å². The maximum absolute atomic E-state index is 5.54. The first-order chi connectivity index (χ1) is 8.88. The average Bonchev–Trinajstić information content (AvgIpc) is 2.45. The van der Waals surface area contributed by atoms with E-state index in [2.05, 4.69) is 17.1 Å². The number of unbranched alkanes of at least 4 members (excludes halogenated alkanes) is 1. The summed E-state index contributed by atoms with van der Waals surface area (Å²) in [4.78, 5) is 2.63. The van der Waals surface area contributed by atoms with Gasteiger partial charge in [0.05, 0.1) is 6.61 Å². The summed E-state index contributed by atoms with van der Waals surface area (Å²) in [5.41, 5.74) is 0. The molecule has 3 nitrogen and oxygen atoms in total. The molecule has 0 radical (unpaired) electrons. The Bertz CT molecular complexity index is 209. The molecule has 18 heavy (non-hydrogen) atoms. The Hall–Kier alpha value is -0.120. The fourth-order valence-electron chi connectivity index (χ4n) is 3.04. The van der Waals surface area contributed by atoms with E-state index >= 15 is 0 Å². The first-order valence-corrected chi connectivity index (χ1v) is 7.92. The van der Waals surface area contributed by atoms with Gasteiger partial charge in [-0.05, 0) is 57.7 Å². The molecule has 0 bridgehead atoms. The van der Waals surface area contributed by atoms with Crippen LogP contribution in [-0.2, 0) is 4.74 Å². The molecule has 0 spiro atoms. The van der Waals surface area contributed by atoms with Gasteiger partial charge in [-0.2, -0.15) is 0 Å². The highest BCUT2D eigenvalue weighted by Gasteiger charge is 2.20. The molecular formula is C15H30N2O. The molecule has 2 aliphatic rings. The molecule has 2 saturated heterocycles. The highest BCUT2D eigenvalue weighted by molar-refractivity contribution is 4.78. The predicted octanol–water partition coefficient (Wildman–Crippen LogP) is 2.27. The van der Waals surface area contributed by atoms with Crippen LogP contribution in [0.1, 0.15) is 45.4 Å². The Labute approximate surface area is 112 Å². The van der Waals surface area contributed by atoms with Gasteiger partial charge >= 0.3 is 0 Å². The maximum atomic E-state index is 5.54. The summed E-state index contributed by atoms with van der Waals surface area (Å²) in [6.07, 6.45) is 7.94. The van der Waals surface area contributed by atoms with Crippen LogP contribution in [0.3, 0.4) is 0 Å². The molecule has 1 atom stereocenters. The minimum atomic E-state index is 0.754. The van der Waals surface area contributed by atoms with Crippen LogP contribution >= 0.6 is 0 Å². The number of hydrogen-bond acceptors (Lipinski definition) is 3. The van der Waals surface area contributed by atoms with Crippen LogP contribution in [0.5, 0.6) is 0 Å². The van der Waals surface area contributed by atoms with E-state index in [0.29, 0.717) is 0 Å². The topological polar surface area (TPSA) is 24.5 Å². The second kappa shape index (κ2) is 8.13. The third-order valence-electron chi connectivity index (χ3n) is 4.37. The van der Waals surface area contributed by atoms with Gasteiger partial charge in [0.1, 0.15) is 0 Å². The fraction of sp³-hybridized carbons (Fsp3) is 1.00. The van der Waals surface area contributed by atoms with Crippen LogP contribution in [0.15, 0.2) is 0 Å². The Morgan fingerprint density at radius 2 is 2.06 bits per heavy atom. The zero-order chi connectivity index (χ0) is 12.6. The minimum absolute atomic E-state index is 0.754. The maximum Gasteiger partial charge on any atom is 0.0506 e. The summed E-state index contributed by atoms with van der Waals surface area (Å²) >= 11 is 0. The lowest BCUT2D eigenvalue weighted by molar-refractivity contribution is 0.0525. The molecule has 2 fully saturated rings. The Kier molecular flexibility index (Phi) is 6.46. The molecule has 2 heterocycles. The van der Waals surface area contributed by atoms with Gasteiger partial charge in [-0.25, -0.2) is 0 Å². The molecule has 0 aromatic rings. The number of rotatable bonds is 6. The molecule has 3 heteroatoms. The van der Waals surface area contributed by atoms with E-state index in [1.807, 2.05) is 0 Å². The average molecular weight is 254 g/mol. The van der Waals surface area contributed by atoms with Gasteiger partial charge < -0.3 is 15.0 Å². The standard InChI is InChI=1S/C15H30N2O/c1-2-3-8-17-9-6-15(7-10-17)16-12-14-5-4-11-18-13-14/h14-16H,2-13H2,1H3. The van der Waals surface area contributed by atoms with Crippen LogP contribution in [0.2, 0.25) is 0 Å². The number of nitrogens with one attached hydrogen (secondary N) is 1. The summed E-state index contributed by atoms with van der Waals surface area (Å²) < 4.78 is 5.54. The first-order valence-electron chi connectivity index (χ1n) is 7.92. The molecule has 0 amide bonds. The lowest BCUT2D eigenvalue weighted by atomic mass is 10.00. The second-order valence-corrected chi connectivity index (χ2v) is 5.96. The molecule has 1 unspecified atom stereocenters. The molecule has 106 valence electrons. The van der Waals surface area contributed by atoms with Crippen molar-refractivity contribution < 1.29 is 4.74 Å². The summed E-state index contributed by atoms with van der Waals surface area (Å²) in [6, 6.07) is 0.754. The third kappa shape index (κ3) is 4.87. The van der Waals surface area contributed by atoms with Crippen molar-refractivity contribution in [2.24, 2.45) is 5.92 Å². The highest BCUT2D eigenvalue weighted by Crippen LogP contribution is 2.15. The van der Waals surface area contributed by atoms with Crippen molar-refractivity contribution in [1.82, 2.24) is 10.2 Å². The van der Waals surface area contributed by atoms with Crippen molar-refractivity contribution in [3.05, 3.63) is 0 Å². The van der Waals surface area contributed by atoms with Gasteiger partial charge in [0.2, 0.25) is 0 Å². The zero-order valence-corrected chi connectivity index (χ0v) is 12.0. The molecule has 0 aliphatic carbocycles. The lowest BCUT2D eigenvalue weighted by Gasteiger charge is -2.33. The Morgan fingerprint density at radius 3 is 2.72 bits per heavy atom. The van der Waals surface area contributed by atoms with E-state index in [1.54, 1.807) is 0 Å². The van der Waals surface area contributed by atoms with Gasteiger partial charge in [-0.3, -0.25) is 0 Å². The Balaban J connectivity index is 1.55. The van der Waals surface area contributed by atoms with Crippen LogP contribution in [0, 0.1) is 5.92 Å². The van der Waals surface area contributed by atoms with E-state index in [0.717, 1.165) is 25.2 Å². The highest BCUT2D eigenvalue weighted by atomic mass is 16.5. The second-order valence-electron chi connectivity index (χ2n) is 5.96. The zero-order valence-electron chi connectivity index (χ0n) is 12.0. The van der Waals surface area contributed by atoms with Crippen LogP contribution < -0.4 is 5.32 Å². The first kappa shape index (κ1) is 14.3. The van der Waals surface area contributed by atoms with Gasteiger partial charge in [-0.1, -0.05) is 13.3 Å². The van der Waals surface area contributed by atoms with Gasteiger partial charge in [-0.15, -0.1) is 0 Å². The van der Waals surface area contributed by atoms with Gasteiger partial charge in [0, 0.05) is 19.2 Å². The summed E-state index contributed by atoms with van der Waals surface area (Å²) in [6.45, 7) is 9.28. The number of likely N-dealkylation sites (tertiary alicyclic amines) is 1. The van der Waals surface area contributed by atoms with Crippen molar-refractivity contribution in [2.75, 3.05) is 39.4 Å². The van der Waals surface area contributed by atoms with E-state index in [-0.39, 0.29) is 0 Å². The van der Waals surface area contributed by atoms with Crippen LogP contribution in [-0.4, -0.2) is 50.3 Å². The van der Waals surface area contributed by atoms with Crippen LogP contribution in [0.25, 0.3) is 0 Å². The molecule has 2 rings (SSSR count). The molecule has 0 aromatic carbocycles. The van der Waals surface area contributed by atoms with Crippen molar-refractivity contribution in [1.29, 1.82) is 0 Å². The monoisotopic (exact) mass is 254 g/mol. The van der Waals surface area contributed by atoms with Crippen LogP contribution in [0.4, 0.5) is 0 Å². The molecule has 0 saturated carbocycles. The predicted molar refractivity (Wildman–Crippen MR) is 75.9 cm³/mol. The van der Waals surface area contributed by atoms with E-state index in [4.69, 9.17) is 4.74 Å². The van der Waals surface area contributed by atoms with E-state index in [1.165, 1.54) is 64.7 Å². The molecule has 2 aliphatic heterocycles. The summed E-state index contributed by atoms with van der Waals surface area (Å²) in [5.74, 6) is 0.761. The molecule has 1 N–H and O–H groups in total. The third-order valence-corrected chi connectivity index (χ3v) is 4.37. The quantitative estimate of drug-likeness (QED) is 0.787. The van der Waals surface area contributed by atoms with E-state index in [9.17, 15) is 0 Å². The summed E-state index contributed by atoms with van der Waals surface area (Å²) in [7, 11) is 0. The smallest absolute Gasteiger partial charge is 0.0506 e. The molecular weight excluding hydrogens is 224 g/mol. The number of ether oxygens (including phenoxy) is 1. The number of hydrogen-bond donors (Lipinski definition) is 1. The number of nitrogens with zero attached hydrogens (tertiary/aromatic N) is 1.